The van der Waals surface area contributed by atoms with Crippen LogP contribution < -0.4 is 10.3 Å². The van der Waals surface area contributed by atoms with Crippen LogP contribution in [0.25, 0.3) is 0 Å². The van der Waals surface area contributed by atoms with Crippen molar-refractivity contribution in [3.63, 3.8) is 0 Å². The Hall–Kier alpha value is -2.18. The molecule has 1 heterocycles. The molecule has 22 heavy (non-hydrogen) atoms. The third kappa shape index (κ3) is 4.16. The molecule has 0 spiro atoms. The van der Waals surface area contributed by atoms with Crippen LogP contribution in [0, 0.1) is 0 Å². The Labute approximate surface area is 136 Å². The van der Waals surface area contributed by atoms with Crippen LogP contribution in [0.5, 0.6) is 0 Å². The van der Waals surface area contributed by atoms with Gasteiger partial charge in [-0.1, -0.05) is 59.3 Å². The summed E-state index contributed by atoms with van der Waals surface area (Å²) in [6.07, 6.45) is 3.19. The first-order valence-electron chi connectivity index (χ1n) is 6.47. The van der Waals surface area contributed by atoms with Crippen molar-refractivity contribution >= 4 is 35.1 Å². The SMILES string of the molecule is C=CCn1c(Cl)c(/C=N\NC(=O)Cc2ccccc2)sc1=O. The molecule has 5 nitrogen and oxygen atoms in total. The van der Waals surface area contributed by atoms with Crippen LogP contribution in [0.3, 0.4) is 0 Å². The van der Waals surface area contributed by atoms with Crippen molar-refractivity contribution < 1.29 is 4.79 Å². The molecule has 0 fully saturated rings. The quantitative estimate of drug-likeness (QED) is 0.500. The van der Waals surface area contributed by atoms with Gasteiger partial charge in [-0.3, -0.25) is 14.2 Å². The molecule has 0 saturated heterocycles. The van der Waals surface area contributed by atoms with Gasteiger partial charge in [-0.05, 0) is 5.56 Å². The third-order valence-corrected chi connectivity index (χ3v) is 4.18. The Morgan fingerprint density at radius 2 is 2.14 bits per heavy atom. The number of nitrogens with zero attached hydrogens (tertiary/aromatic N) is 2. The lowest BCUT2D eigenvalue weighted by Gasteiger charge is -2.00. The summed E-state index contributed by atoms with van der Waals surface area (Å²) in [6, 6.07) is 9.34. The van der Waals surface area contributed by atoms with Gasteiger partial charge >= 0.3 is 4.87 Å². The number of thiazole rings is 1. The highest BCUT2D eigenvalue weighted by molar-refractivity contribution is 7.11. The molecule has 0 radical (unpaired) electrons. The molecule has 7 heteroatoms. The highest BCUT2D eigenvalue weighted by Crippen LogP contribution is 2.16. The number of halogens is 1. The number of carbonyl (C=O) groups is 1. The zero-order valence-electron chi connectivity index (χ0n) is 11.7. The van der Waals surface area contributed by atoms with E-state index in [1.807, 2.05) is 30.3 Å². The molecule has 0 bridgehead atoms. The van der Waals surface area contributed by atoms with Gasteiger partial charge in [0.25, 0.3) is 0 Å². The summed E-state index contributed by atoms with van der Waals surface area (Å²) < 4.78 is 1.38. The number of hydrogen-bond acceptors (Lipinski definition) is 4. The third-order valence-electron chi connectivity index (χ3n) is 2.75. The molecule has 2 rings (SSSR count). The van der Waals surface area contributed by atoms with E-state index in [2.05, 4.69) is 17.1 Å². The Morgan fingerprint density at radius 3 is 2.82 bits per heavy atom. The van der Waals surface area contributed by atoms with E-state index >= 15 is 0 Å². The summed E-state index contributed by atoms with van der Waals surface area (Å²) in [4.78, 5) is 23.7. The van der Waals surface area contributed by atoms with Gasteiger partial charge in [0.2, 0.25) is 5.91 Å². The zero-order chi connectivity index (χ0) is 15.9. The average Bonchev–Trinajstić information content (AvgIpc) is 2.76. The summed E-state index contributed by atoms with van der Waals surface area (Å²) in [6.45, 7) is 3.90. The van der Waals surface area contributed by atoms with E-state index in [0.717, 1.165) is 16.9 Å². The highest BCUT2D eigenvalue weighted by atomic mass is 35.5. The largest absolute Gasteiger partial charge is 0.309 e. The Kier molecular flexibility index (Phi) is 5.68. The first kappa shape index (κ1) is 16.2. The molecule has 114 valence electrons. The van der Waals surface area contributed by atoms with E-state index in [-0.39, 0.29) is 22.4 Å². The van der Waals surface area contributed by atoms with Crippen molar-refractivity contribution in [3.8, 4) is 0 Å². The number of nitrogens with one attached hydrogen (secondary N) is 1. The molecule has 0 aliphatic rings. The molecule has 1 aromatic heterocycles. The molecule has 1 amide bonds. The molecular formula is C15H14ClN3O2S. The lowest BCUT2D eigenvalue weighted by atomic mass is 10.1. The summed E-state index contributed by atoms with van der Waals surface area (Å²) in [5.41, 5.74) is 3.31. The second kappa shape index (κ2) is 7.72. The van der Waals surface area contributed by atoms with Gasteiger partial charge in [0.1, 0.15) is 5.15 Å². The van der Waals surface area contributed by atoms with Crippen LogP contribution in [0.2, 0.25) is 5.15 Å². The minimum atomic E-state index is -0.239. The Balaban J connectivity index is 1.98. The molecule has 0 atom stereocenters. The average molecular weight is 336 g/mol. The normalized spacial score (nSPS) is 10.8. The maximum Gasteiger partial charge on any atom is 0.309 e. The lowest BCUT2D eigenvalue weighted by molar-refractivity contribution is -0.120. The van der Waals surface area contributed by atoms with Gasteiger partial charge in [-0.2, -0.15) is 5.10 Å². The van der Waals surface area contributed by atoms with Crippen molar-refractivity contribution in [3.05, 3.63) is 68.2 Å². The summed E-state index contributed by atoms with van der Waals surface area (Å²) in [7, 11) is 0. The first-order chi connectivity index (χ1) is 10.6. The predicted octanol–water partition coefficient (Wildman–Crippen LogP) is 2.44. The lowest BCUT2D eigenvalue weighted by Crippen LogP contribution is -2.19. The van der Waals surface area contributed by atoms with Crippen molar-refractivity contribution in [1.29, 1.82) is 0 Å². The topological polar surface area (TPSA) is 63.5 Å². The number of carbonyl (C=O) groups excluding carboxylic acids is 1. The summed E-state index contributed by atoms with van der Waals surface area (Å²) in [5.74, 6) is -0.239. The number of hydrazone groups is 1. The fraction of sp³-hybridized carbons (Fsp3) is 0.133. The van der Waals surface area contributed by atoms with Gasteiger partial charge in [-0.15, -0.1) is 6.58 Å². The molecule has 0 aliphatic carbocycles. The molecule has 0 saturated carbocycles. The van der Waals surface area contributed by atoms with Gasteiger partial charge in [0, 0.05) is 6.54 Å². The van der Waals surface area contributed by atoms with Crippen LogP contribution in [0.1, 0.15) is 10.4 Å². The summed E-state index contributed by atoms with van der Waals surface area (Å²) >= 11 is 7.04. The van der Waals surface area contributed by atoms with E-state index in [4.69, 9.17) is 11.6 Å². The van der Waals surface area contributed by atoms with E-state index < -0.39 is 0 Å². The minimum absolute atomic E-state index is 0.193. The zero-order valence-corrected chi connectivity index (χ0v) is 13.2. The second-order valence-corrected chi connectivity index (χ2v) is 5.73. The highest BCUT2D eigenvalue weighted by Gasteiger charge is 2.10. The van der Waals surface area contributed by atoms with E-state index in [0.29, 0.717) is 11.4 Å². The molecule has 1 aromatic carbocycles. The second-order valence-electron chi connectivity index (χ2n) is 4.38. The van der Waals surface area contributed by atoms with E-state index in [9.17, 15) is 9.59 Å². The number of aromatic nitrogens is 1. The molecule has 0 unspecified atom stereocenters. The summed E-state index contributed by atoms with van der Waals surface area (Å²) in [5, 5.41) is 4.12. The van der Waals surface area contributed by atoms with Crippen LogP contribution in [-0.2, 0) is 17.8 Å². The fourth-order valence-electron chi connectivity index (χ4n) is 1.75. The maximum absolute atomic E-state index is 11.7. The van der Waals surface area contributed by atoms with Crippen molar-refractivity contribution in [1.82, 2.24) is 9.99 Å². The van der Waals surface area contributed by atoms with Crippen LogP contribution >= 0.6 is 22.9 Å². The van der Waals surface area contributed by atoms with E-state index in [1.54, 1.807) is 6.08 Å². The number of rotatable bonds is 6. The van der Waals surface area contributed by atoms with Crippen LogP contribution in [0.4, 0.5) is 0 Å². The van der Waals surface area contributed by atoms with E-state index in [1.165, 1.54) is 10.8 Å². The molecule has 1 N–H and O–H groups in total. The van der Waals surface area contributed by atoms with Gasteiger partial charge in [-0.25, -0.2) is 5.43 Å². The Morgan fingerprint density at radius 1 is 1.41 bits per heavy atom. The molecule has 0 aliphatic heterocycles. The monoisotopic (exact) mass is 335 g/mol. The molecular weight excluding hydrogens is 322 g/mol. The van der Waals surface area contributed by atoms with Crippen LogP contribution in [0.15, 0.2) is 52.9 Å². The number of allylic oxidation sites excluding steroid dienone is 1. The predicted molar refractivity (Wildman–Crippen MR) is 89.7 cm³/mol. The fourth-order valence-corrected chi connectivity index (χ4v) is 2.88. The maximum atomic E-state index is 11.7. The smallest absolute Gasteiger partial charge is 0.285 e. The number of amides is 1. The van der Waals surface area contributed by atoms with Gasteiger partial charge in [0.15, 0.2) is 0 Å². The van der Waals surface area contributed by atoms with Gasteiger partial charge in [0.05, 0.1) is 17.5 Å². The van der Waals surface area contributed by atoms with Gasteiger partial charge < -0.3 is 0 Å². The van der Waals surface area contributed by atoms with Crippen molar-refractivity contribution in [2.24, 2.45) is 5.10 Å². The first-order valence-corrected chi connectivity index (χ1v) is 7.67. The minimum Gasteiger partial charge on any atom is -0.285 e. The standard InChI is InChI=1S/C15H14ClN3O2S/c1-2-8-19-14(16)12(22-15(19)21)10-17-18-13(20)9-11-6-4-3-5-7-11/h2-7,10H,1,8-9H2,(H,18,20)/b17-10-. The number of benzene rings is 1. The molecule has 2 aromatic rings. The van der Waals surface area contributed by atoms with Crippen molar-refractivity contribution in [2.75, 3.05) is 0 Å². The Bertz CT molecular complexity index is 750. The van der Waals surface area contributed by atoms with Crippen LogP contribution in [-0.4, -0.2) is 16.7 Å². The van der Waals surface area contributed by atoms with Crippen molar-refractivity contribution in [2.45, 2.75) is 13.0 Å². The number of hydrogen-bond donors (Lipinski definition) is 1.